The molecule has 0 aromatic carbocycles. The van der Waals surface area contributed by atoms with E-state index >= 15 is 0 Å². The summed E-state index contributed by atoms with van der Waals surface area (Å²) in [6.45, 7) is 6.30. The molecule has 10 heteroatoms. The van der Waals surface area contributed by atoms with E-state index in [1.807, 2.05) is 25.2 Å². The maximum absolute atomic E-state index is 12.6. The van der Waals surface area contributed by atoms with Crippen molar-refractivity contribution >= 4 is 61.3 Å². The number of anilines is 1. The van der Waals surface area contributed by atoms with Gasteiger partial charge in [0.25, 0.3) is 0 Å². The Morgan fingerprint density at radius 3 is 2.78 bits per heavy atom. The maximum Gasteiger partial charge on any atom is 0.236 e. The van der Waals surface area contributed by atoms with Crippen molar-refractivity contribution in [3.05, 3.63) is 26.8 Å². The number of nitrogens with one attached hydrogen (secondary N) is 1. The van der Waals surface area contributed by atoms with Crippen LogP contribution in [-0.2, 0) is 17.6 Å². The standard InChI is InChI=1S/C22H24N6OS3/c1-10-4-7-14-15(8-10)32-20-17(14)19-26-27-22(28(19)18(25-20)13-5-6-13)30-9-16(29)24-21-23-11(2)12(3)31-21/h10,13H,4-9H2,1-3H3,(H,23,24,29)/t10-/m0/s1. The summed E-state index contributed by atoms with van der Waals surface area (Å²) in [5.41, 5.74) is 3.29. The molecule has 6 rings (SSSR count). The number of hydrogen-bond acceptors (Lipinski definition) is 8. The summed E-state index contributed by atoms with van der Waals surface area (Å²) in [6, 6.07) is 0. The minimum atomic E-state index is -0.0793. The fraction of sp³-hybridized carbons (Fsp3) is 0.500. The Kier molecular flexibility index (Phi) is 5.00. The number of carbonyl (C=O) groups is 1. The lowest BCUT2D eigenvalue weighted by Crippen LogP contribution is -2.14. The van der Waals surface area contributed by atoms with E-state index < -0.39 is 0 Å². The molecule has 4 heterocycles. The first-order chi connectivity index (χ1) is 15.5. The molecule has 1 amide bonds. The molecule has 0 spiro atoms. The average molecular weight is 485 g/mol. The number of nitrogens with zero attached hydrogens (tertiary/aromatic N) is 5. The van der Waals surface area contributed by atoms with E-state index in [0.29, 0.717) is 11.0 Å². The summed E-state index contributed by atoms with van der Waals surface area (Å²) < 4.78 is 2.13. The lowest BCUT2D eigenvalue weighted by Gasteiger charge is -2.17. The Labute approximate surface area is 198 Å². The van der Waals surface area contributed by atoms with Crippen molar-refractivity contribution in [3.63, 3.8) is 0 Å². The summed E-state index contributed by atoms with van der Waals surface area (Å²) in [4.78, 5) is 25.8. The van der Waals surface area contributed by atoms with Gasteiger partial charge in [0.05, 0.1) is 16.8 Å². The van der Waals surface area contributed by atoms with Gasteiger partial charge in [0.15, 0.2) is 15.9 Å². The maximum atomic E-state index is 12.6. The van der Waals surface area contributed by atoms with E-state index in [2.05, 4.69) is 31.8 Å². The van der Waals surface area contributed by atoms with Crippen LogP contribution in [0.1, 0.15) is 58.9 Å². The molecule has 1 atom stereocenters. The second-order valence-electron chi connectivity index (χ2n) is 8.92. The number of thioether (sulfide) groups is 1. The van der Waals surface area contributed by atoms with Gasteiger partial charge in [0.2, 0.25) is 5.91 Å². The third-order valence-corrected chi connectivity index (χ3v) is 9.41. The minimum Gasteiger partial charge on any atom is -0.301 e. The highest BCUT2D eigenvalue weighted by atomic mass is 32.2. The van der Waals surface area contributed by atoms with Gasteiger partial charge in [0, 0.05) is 15.7 Å². The molecule has 4 aromatic rings. The largest absolute Gasteiger partial charge is 0.301 e. The second-order valence-corrected chi connectivity index (χ2v) is 12.1. The van der Waals surface area contributed by atoms with Gasteiger partial charge >= 0.3 is 0 Å². The fourth-order valence-corrected chi connectivity index (χ4v) is 7.31. The van der Waals surface area contributed by atoms with Crippen LogP contribution in [0.4, 0.5) is 5.13 Å². The lowest BCUT2D eigenvalue weighted by molar-refractivity contribution is -0.113. The van der Waals surface area contributed by atoms with Crippen molar-refractivity contribution in [2.75, 3.05) is 11.1 Å². The van der Waals surface area contributed by atoms with Gasteiger partial charge in [0.1, 0.15) is 10.7 Å². The molecule has 2 aliphatic carbocycles. The Bertz CT molecular complexity index is 1350. The molecule has 0 unspecified atom stereocenters. The van der Waals surface area contributed by atoms with Crippen LogP contribution < -0.4 is 5.32 Å². The van der Waals surface area contributed by atoms with Crippen LogP contribution in [0.3, 0.4) is 0 Å². The Balaban J connectivity index is 1.34. The Morgan fingerprint density at radius 2 is 2.03 bits per heavy atom. The highest BCUT2D eigenvalue weighted by Crippen LogP contribution is 2.44. The molecule has 0 saturated heterocycles. The molecule has 1 N–H and O–H groups in total. The van der Waals surface area contributed by atoms with Gasteiger partial charge in [-0.05, 0) is 57.4 Å². The van der Waals surface area contributed by atoms with Crippen LogP contribution in [-0.4, -0.2) is 36.2 Å². The molecule has 0 radical (unpaired) electrons. The highest BCUT2D eigenvalue weighted by molar-refractivity contribution is 7.99. The lowest BCUT2D eigenvalue weighted by atomic mass is 9.89. The molecule has 32 heavy (non-hydrogen) atoms. The number of carbonyl (C=O) groups excluding carboxylic acids is 1. The van der Waals surface area contributed by atoms with Crippen molar-refractivity contribution in [1.29, 1.82) is 0 Å². The summed E-state index contributed by atoms with van der Waals surface area (Å²) in [5, 5.41) is 14.6. The van der Waals surface area contributed by atoms with E-state index in [-0.39, 0.29) is 11.7 Å². The van der Waals surface area contributed by atoms with Crippen LogP contribution in [0.25, 0.3) is 15.9 Å². The van der Waals surface area contributed by atoms with Crippen LogP contribution in [0, 0.1) is 19.8 Å². The van der Waals surface area contributed by atoms with Crippen LogP contribution in [0.5, 0.6) is 0 Å². The van der Waals surface area contributed by atoms with Gasteiger partial charge in [-0.15, -0.1) is 32.9 Å². The van der Waals surface area contributed by atoms with Crippen molar-refractivity contribution in [3.8, 4) is 0 Å². The number of hydrogen-bond donors (Lipinski definition) is 1. The zero-order chi connectivity index (χ0) is 22.0. The molecule has 2 aliphatic rings. The number of amides is 1. The van der Waals surface area contributed by atoms with E-state index in [1.54, 1.807) is 0 Å². The summed E-state index contributed by atoms with van der Waals surface area (Å²) >= 11 is 4.77. The zero-order valence-electron chi connectivity index (χ0n) is 18.3. The molecular weight excluding hydrogens is 460 g/mol. The van der Waals surface area contributed by atoms with E-state index in [1.165, 1.54) is 45.3 Å². The van der Waals surface area contributed by atoms with Crippen LogP contribution >= 0.6 is 34.4 Å². The number of thiazole rings is 1. The Morgan fingerprint density at radius 1 is 1.19 bits per heavy atom. The predicted molar refractivity (Wildman–Crippen MR) is 130 cm³/mol. The monoisotopic (exact) mass is 484 g/mol. The molecule has 1 saturated carbocycles. The first-order valence-corrected chi connectivity index (χ1v) is 13.7. The predicted octanol–water partition coefficient (Wildman–Crippen LogP) is 5.15. The summed E-state index contributed by atoms with van der Waals surface area (Å²) in [7, 11) is 0. The first kappa shape index (κ1) is 20.6. The van der Waals surface area contributed by atoms with Gasteiger partial charge < -0.3 is 5.32 Å². The number of aryl methyl sites for hydroxylation is 3. The van der Waals surface area contributed by atoms with Crippen molar-refractivity contribution in [2.24, 2.45) is 5.92 Å². The highest BCUT2D eigenvalue weighted by Gasteiger charge is 2.32. The van der Waals surface area contributed by atoms with Crippen LogP contribution in [0.15, 0.2) is 5.16 Å². The molecule has 166 valence electrons. The van der Waals surface area contributed by atoms with Gasteiger partial charge in [-0.2, -0.15) is 0 Å². The molecule has 0 aliphatic heterocycles. The number of rotatable bonds is 5. The number of aromatic nitrogens is 5. The third kappa shape index (κ3) is 3.52. The van der Waals surface area contributed by atoms with Gasteiger partial charge in [-0.3, -0.25) is 9.20 Å². The van der Waals surface area contributed by atoms with Gasteiger partial charge in [-0.1, -0.05) is 18.7 Å². The zero-order valence-corrected chi connectivity index (χ0v) is 20.7. The second kappa shape index (κ2) is 7.78. The van der Waals surface area contributed by atoms with Crippen molar-refractivity contribution in [2.45, 2.75) is 63.9 Å². The molecule has 0 bridgehead atoms. The topological polar surface area (TPSA) is 85.1 Å². The minimum absolute atomic E-state index is 0.0793. The molecule has 7 nitrogen and oxygen atoms in total. The smallest absolute Gasteiger partial charge is 0.236 e. The SMILES string of the molecule is Cc1nc(NC(=O)CSc2nnc3c4c5c(sc4nc(C4CC4)n23)C[C@@H](C)CC5)sc1C. The fourth-order valence-electron chi connectivity index (χ4n) is 4.36. The van der Waals surface area contributed by atoms with Crippen LogP contribution in [0.2, 0.25) is 0 Å². The summed E-state index contributed by atoms with van der Waals surface area (Å²) in [5.74, 6) is 2.43. The Hall–Kier alpha value is -2.04. The van der Waals surface area contributed by atoms with E-state index in [4.69, 9.17) is 4.98 Å². The first-order valence-electron chi connectivity index (χ1n) is 11.0. The summed E-state index contributed by atoms with van der Waals surface area (Å²) in [6.07, 6.45) is 5.73. The quantitative estimate of drug-likeness (QED) is 0.395. The normalized spacial score (nSPS) is 18.4. The average Bonchev–Trinajstić information content (AvgIpc) is 3.30. The van der Waals surface area contributed by atoms with Crippen molar-refractivity contribution in [1.82, 2.24) is 24.6 Å². The van der Waals surface area contributed by atoms with Gasteiger partial charge in [-0.25, -0.2) is 9.97 Å². The third-order valence-electron chi connectivity index (χ3n) is 6.34. The van der Waals surface area contributed by atoms with E-state index in [0.717, 1.165) is 63.6 Å². The molecule has 4 aromatic heterocycles. The number of fused-ring (bicyclic) bond motifs is 5. The molecule has 1 fully saturated rings. The number of thiophene rings is 1. The molecular formula is C22H24N6OS3. The van der Waals surface area contributed by atoms with E-state index in [9.17, 15) is 4.79 Å². The van der Waals surface area contributed by atoms with Crippen molar-refractivity contribution < 1.29 is 4.79 Å².